The van der Waals surface area contributed by atoms with Gasteiger partial charge in [0, 0.05) is 19.0 Å². The SMILES string of the molecule is Cc1ncsc1C(=O)N1CCC[C@@H](c2cc(C(F)F)n3ncnc3n2)C1. The lowest BCUT2D eigenvalue weighted by molar-refractivity contribution is 0.0709. The topological polar surface area (TPSA) is 76.3 Å². The molecule has 1 fully saturated rings. The van der Waals surface area contributed by atoms with Crippen molar-refractivity contribution in [3.63, 3.8) is 0 Å². The van der Waals surface area contributed by atoms with Crippen LogP contribution in [0.5, 0.6) is 0 Å². The van der Waals surface area contributed by atoms with Gasteiger partial charge in [-0.1, -0.05) is 0 Å². The predicted molar refractivity (Wildman–Crippen MR) is 90.5 cm³/mol. The van der Waals surface area contributed by atoms with Crippen molar-refractivity contribution in [2.75, 3.05) is 13.1 Å². The molecule has 3 aromatic rings. The Morgan fingerprint density at radius 2 is 2.23 bits per heavy atom. The molecule has 0 spiro atoms. The third-order valence-electron chi connectivity index (χ3n) is 4.59. The summed E-state index contributed by atoms with van der Waals surface area (Å²) in [6.45, 7) is 2.89. The smallest absolute Gasteiger partial charge is 0.280 e. The molecule has 10 heteroatoms. The summed E-state index contributed by atoms with van der Waals surface area (Å²) < 4.78 is 27.8. The Balaban J connectivity index is 1.63. The molecule has 1 aliphatic heterocycles. The lowest BCUT2D eigenvalue weighted by atomic mass is 9.94. The van der Waals surface area contributed by atoms with E-state index in [9.17, 15) is 13.6 Å². The number of rotatable bonds is 3. The normalized spacial score (nSPS) is 18.0. The maximum absolute atomic E-state index is 13.4. The van der Waals surface area contributed by atoms with Crippen LogP contribution in [0, 0.1) is 6.92 Å². The first-order valence-corrected chi connectivity index (χ1v) is 9.10. The number of aromatic nitrogens is 5. The molecule has 1 aliphatic rings. The van der Waals surface area contributed by atoms with E-state index in [-0.39, 0.29) is 23.3 Å². The average molecular weight is 378 g/mol. The monoisotopic (exact) mass is 378 g/mol. The molecule has 1 saturated heterocycles. The van der Waals surface area contributed by atoms with Crippen LogP contribution in [-0.4, -0.2) is 48.5 Å². The summed E-state index contributed by atoms with van der Waals surface area (Å²) in [4.78, 5) is 27.6. The zero-order valence-corrected chi connectivity index (χ0v) is 14.8. The van der Waals surface area contributed by atoms with Gasteiger partial charge in [0.2, 0.25) is 0 Å². The maximum atomic E-state index is 13.4. The van der Waals surface area contributed by atoms with Crippen LogP contribution in [0.25, 0.3) is 5.78 Å². The fourth-order valence-corrected chi connectivity index (χ4v) is 4.04. The first-order valence-electron chi connectivity index (χ1n) is 8.22. The molecule has 0 aromatic carbocycles. The molecule has 1 amide bonds. The molecule has 3 aromatic heterocycles. The molecule has 7 nitrogen and oxygen atoms in total. The highest BCUT2D eigenvalue weighted by molar-refractivity contribution is 7.11. The quantitative estimate of drug-likeness (QED) is 0.700. The molecule has 0 radical (unpaired) electrons. The summed E-state index contributed by atoms with van der Waals surface area (Å²) in [5.74, 6) is -0.0213. The largest absolute Gasteiger partial charge is 0.337 e. The summed E-state index contributed by atoms with van der Waals surface area (Å²) >= 11 is 1.32. The van der Waals surface area contributed by atoms with E-state index >= 15 is 0 Å². The molecule has 0 aliphatic carbocycles. The Labute approximate surface area is 151 Å². The Hall–Kier alpha value is -2.49. The van der Waals surface area contributed by atoms with Crippen LogP contribution in [0.1, 0.15) is 51.9 Å². The van der Waals surface area contributed by atoms with Gasteiger partial charge in [-0.05, 0) is 25.8 Å². The van der Waals surface area contributed by atoms with Crippen LogP contribution in [0.4, 0.5) is 8.78 Å². The van der Waals surface area contributed by atoms with E-state index in [2.05, 4.69) is 20.1 Å². The van der Waals surface area contributed by atoms with Crippen LogP contribution in [0.2, 0.25) is 0 Å². The molecule has 136 valence electrons. The van der Waals surface area contributed by atoms with Crippen molar-refractivity contribution < 1.29 is 13.6 Å². The lowest BCUT2D eigenvalue weighted by Gasteiger charge is -2.32. The minimum absolute atomic E-state index is 0.0626. The third-order valence-corrected chi connectivity index (χ3v) is 5.51. The second kappa shape index (κ2) is 6.67. The zero-order chi connectivity index (χ0) is 18.3. The fraction of sp³-hybridized carbons (Fsp3) is 0.438. The standard InChI is InChI=1S/C16H16F2N6OS/c1-9-13(26-8-20-9)15(25)23-4-2-3-10(6-23)11-5-12(14(17)18)24-16(22-11)19-7-21-24/h5,7-8,10,14H,2-4,6H2,1H3/t10-/m1/s1. The number of carbonyl (C=O) groups is 1. The summed E-state index contributed by atoms with van der Waals surface area (Å²) in [7, 11) is 0. The van der Waals surface area contributed by atoms with E-state index in [0.717, 1.165) is 17.4 Å². The van der Waals surface area contributed by atoms with E-state index in [4.69, 9.17) is 0 Å². The summed E-state index contributed by atoms with van der Waals surface area (Å²) in [5.41, 5.74) is 2.66. The molecule has 0 saturated carbocycles. The van der Waals surface area contributed by atoms with Crippen LogP contribution >= 0.6 is 11.3 Å². The lowest BCUT2D eigenvalue weighted by Crippen LogP contribution is -2.39. The van der Waals surface area contributed by atoms with E-state index in [1.54, 1.807) is 17.3 Å². The highest BCUT2D eigenvalue weighted by Gasteiger charge is 2.29. The number of thiazole rings is 1. The van der Waals surface area contributed by atoms with Gasteiger partial charge in [-0.2, -0.15) is 14.6 Å². The van der Waals surface area contributed by atoms with E-state index in [1.807, 2.05) is 0 Å². The molecular weight excluding hydrogens is 362 g/mol. The number of likely N-dealkylation sites (tertiary alicyclic amines) is 1. The number of carbonyl (C=O) groups excluding carboxylic acids is 1. The first kappa shape index (κ1) is 17.0. The number of amides is 1. The van der Waals surface area contributed by atoms with Crippen LogP contribution in [0.15, 0.2) is 17.9 Å². The molecule has 1 atom stereocenters. The van der Waals surface area contributed by atoms with Crippen molar-refractivity contribution >= 4 is 23.0 Å². The van der Waals surface area contributed by atoms with Gasteiger partial charge >= 0.3 is 0 Å². The second-order valence-corrected chi connectivity index (χ2v) is 7.09. The van der Waals surface area contributed by atoms with Crippen molar-refractivity contribution in [3.8, 4) is 0 Å². The summed E-state index contributed by atoms with van der Waals surface area (Å²) in [6, 6.07) is 1.38. The number of fused-ring (bicyclic) bond motifs is 1. The van der Waals surface area contributed by atoms with Crippen molar-refractivity contribution in [2.24, 2.45) is 0 Å². The molecule has 0 bridgehead atoms. The fourth-order valence-electron chi connectivity index (χ4n) is 3.27. The minimum atomic E-state index is -2.68. The third kappa shape index (κ3) is 2.94. The molecule has 0 N–H and O–H groups in total. The Bertz CT molecular complexity index is 955. The van der Waals surface area contributed by atoms with Gasteiger partial charge in [0.15, 0.2) is 0 Å². The number of alkyl halides is 2. The highest BCUT2D eigenvalue weighted by atomic mass is 32.1. The summed E-state index contributed by atoms with van der Waals surface area (Å²) in [6.07, 6.45) is 0.104. The van der Waals surface area contributed by atoms with Crippen LogP contribution in [-0.2, 0) is 0 Å². The molecule has 4 heterocycles. The first-order chi connectivity index (χ1) is 12.5. The van der Waals surface area contributed by atoms with Gasteiger partial charge < -0.3 is 4.90 Å². The molecule has 26 heavy (non-hydrogen) atoms. The van der Waals surface area contributed by atoms with Gasteiger partial charge in [0.05, 0.1) is 16.9 Å². The van der Waals surface area contributed by atoms with Gasteiger partial charge in [-0.3, -0.25) is 4.79 Å². The van der Waals surface area contributed by atoms with Crippen molar-refractivity contribution in [2.45, 2.75) is 32.1 Å². The number of halogens is 2. The van der Waals surface area contributed by atoms with Gasteiger partial charge in [0.1, 0.15) is 16.9 Å². The highest BCUT2D eigenvalue weighted by Crippen LogP contribution is 2.30. The second-order valence-electron chi connectivity index (χ2n) is 6.24. The summed E-state index contributed by atoms with van der Waals surface area (Å²) in [5, 5.41) is 3.81. The molecule has 4 rings (SSSR count). The predicted octanol–water partition coefficient (Wildman–Crippen LogP) is 2.85. The number of piperidine rings is 1. The number of aryl methyl sites for hydroxylation is 1. The van der Waals surface area contributed by atoms with E-state index < -0.39 is 6.43 Å². The van der Waals surface area contributed by atoms with Gasteiger partial charge in [-0.25, -0.2) is 18.7 Å². The Morgan fingerprint density at radius 3 is 2.96 bits per heavy atom. The Morgan fingerprint density at radius 1 is 1.38 bits per heavy atom. The Kier molecular flexibility index (Phi) is 4.35. The van der Waals surface area contributed by atoms with Crippen molar-refractivity contribution in [1.82, 2.24) is 29.5 Å². The number of nitrogens with zero attached hydrogens (tertiary/aromatic N) is 6. The van der Waals surface area contributed by atoms with E-state index in [0.29, 0.717) is 29.4 Å². The molecule has 0 unspecified atom stereocenters. The van der Waals surface area contributed by atoms with Crippen LogP contribution in [0.3, 0.4) is 0 Å². The number of hydrogen-bond acceptors (Lipinski definition) is 6. The van der Waals surface area contributed by atoms with E-state index in [1.165, 1.54) is 23.7 Å². The minimum Gasteiger partial charge on any atom is -0.337 e. The zero-order valence-electron chi connectivity index (χ0n) is 14.0. The van der Waals surface area contributed by atoms with Gasteiger partial charge in [0.25, 0.3) is 18.1 Å². The average Bonchev–Trinajstić information content (AvgIpc) is 3.28. The van der Waals surface area contributed by atoms with Gasteiger partial charge in [-0.15, -0.1) is 11.3 Å². The maximum Gasteiger partial charge on any atom is 0.280 e. The van der Waals surface area contributed by atoms with Crippen molar-refractivity contribution in [3.05, 3.63) is 39.9 Å². The number of hydrogen-bond donors (Lipinski definition) is 0. The molecular formula is C16H16F2N6OS. The van der Waals surface area contributed by atoms with Crippen molar-refractivity contribution in [1.29, 1.82) is 0 Å². The van der Waals surface area contributed by atoms with Crippen LogP contribution < -0.4 is 0 Å².